The number of nitro benzene ring substituents is 1. The summed E-state index contributed by atoms with van der Waals surface area (Å²) in [6, 6.07) is 12.4. The van der Waals surface area contributed by atoms with Crippen molar-refractivity contribution in [1.82, 2.24) is 0 Å². The van der Waals surface area contributed by atoms with Crippen LogP contribution in [0.15, 0.2) is 48.5 Å². The second-order valence-electron chi connectivity index (χ2n) is 4.93. The zero-order valence-corrected chi connectivity index (χ0v) is 11.6. The third-order valence-corrected chi connectivity index (χ3v) is 3.27. The number of rotatable bonds is 6. The van der Waals surface area contributed by atoms with E-state index >= 15 is 0 Å². The smallest absolute Gasteiger partial charge is 0.269 e. The molecule has 1 aliphatic rings. The van der Waals surface area contributed by atoms with Crippen LogP contribution in [-0.4, -0.2) is 30.0 Å². The van der Waals surface area contributed by atoms with Gasteiger partial charge in [-0.15, -0.1) is 0 Å². The molecule has 1 saturated heterocycles. The van der Waals surface area contributed by atoms with Crippen LogP contribution in [0, 0.1) is 10.1 Å². The Labute approximate surface area is 126 Å². The Kier molecular flexibility index (Phi) is 3.84. The Morgan fingerprint density at radius 2 is 1.95 bits per heavy atom. The summed E-state index contributed by atoms with van der Waals surface area (Å²) in [7, 11) is 0. The lowest BCUT2D eigenvalue weighted by Crippen LogP contribution is -2.06. The molecule has 6 nitrogen and oxygen atoms in total. The largest absolute Gasteiger partial charge is 0.491 e. The van der Waals surface area contributed by atoms with Gasteiger partial charge in [0.2, 0.25) is 0 Å². The van der Waals surface area contributed by atoms with Crippen molar-refractivity contribution in [3.63, 3.8) is 0 Å². The lowest BCUT2D eigenvalue weighted by molar-refractivity contribution is -0.384. The molecule has 0 radical (unpaired) electrons. The normalized spacial score (nSPS) is 16.1. The average molecular weight is 299 g/mol. The molecule has 1 atom stereocenters. The molecule has 112 valence electrons. The lowest BCUT2D eigenvalue weighted by atomic mass is 10.0. The Morgan fingerprint density at radius 3 is 2.59 bits per heavy atom. The van der Waals surface area contributed by atoms with Gasteiger partial charge in [-0.25, -0.2) is 0 Å². The molecule has 0 spiro atoms. The fourth-order valence-electron chi connectivity index (χ4n) is 1.98. The van der Waals surface area contributed by atoms with E-state index in [9.17, 15) is 14.9 Å². The van der Waals surface area contributed by atoms with E-state index in [4.69, 9.17) is 9.47 Å². The predicted molar refractivity (Wildman–Crippen MR) is 78.2 cm³/mol. The van der Waals surface area contributed by atoms with Crippen LogP contribution in [-0.2, 0) is 4.74 Å². The minimum Gasteiger partial charge on any atom is -0.491 e. The van der Waals surface area contributed by atoms with Crippen molar-refractivity contribution in [2.45, 2.75) is 6.10 Å². The molecule has 0 bridgehead atoms. The van der Waals surface area contributed by atoms with Gasteiger partial charge in [0.05, 0.1) is 11.5 Å². The fourth-order valence-corrected chi connectivity index (χ4v) is 1.98. The number of ketones is 1. The molecule has 0 amide bonds. The molecule has 0 N–H and O–H groups in total. The van der Waals surface area contributed by atoms with Crippen molar-refractivity contribution >= 4 is 11.5 Å². The molecule has 1 aliphatic heterocycles. The standard InChI is InChI=1S/C16H13NO5/c18-16(11-4-6-13(7-5-11)17(19)20)12-2-1-3-14(8-12)21-9-15-10-22-15/h1-8,15H,9-10H2. The van der Waals surface area contributed by atoms with Gasteiger partial charge in [0, 0.05) is 23.3 Å². The molecule has 0 aliphatic carbocycles. The van der Waals surface area contributed by atoms with Crippen LogP contribution in [0.25, 0.3) is 0 Å². The predicted octanol–water partition coefficient (Wildman–Crippen LogP) is 2.60. The van der Waals surface area contributed by atoms with E-state index in [-0.39, 0.29) is 17.6 Å². The highest BCUT2D eigenvalue weighted by Crippen LogP contribution is 2.20. The summed E-state index contributed by atoms with van der Waals surface area (Å²) in [6.45, 7) is 1.18. The van der Waals surface area contributed by atoms with Crippen molar-refractivity contribution < 1.29 is 19.2 Å². The van der Waals surface area contributed by atoms with Crippen molar-refractivity contribution in [2.75, 3.05) is 13.2 Å². The first-order valence-corrected chi connectivity index (χ1v) is 6.77. The Balaban J connectivity index is 1.75. The van der Waals surface area contributed by atoms with Crippen LogP contribution in [0.2, 0.25) is 0 Å². The molecule has 1 heterocycles. The fraction of sp³-hybridized carbons (Fsp3) is 0.188. The topological polar surface area (TPSA) is 82.0 Å². The van der Waals surface area contributed by atoms with Gasteiger partial charge in [-0.2, -0.15) is 0 Å². The summed E-state index contributed by atoms with van der Waals surface area (Å²) in [5, 5.41) is 10.6. The van der Waals surface area contributed by atoms with Crippen LogP contribution in [0.1, 0.15) is 15.9 Å². The third kappa shape index (κ3) is 3.29. The third-order valence-electron chi connectivity index (χ3n) is 3.27. The zero-order chi connectivity index (χ0) is 15.5. The summed E-state index contributed by atoms with van der Waals surface area (Å²) < 4.78 is 10.6. The Morgan fingerprint density at radius 1 is 1.23 bits per heavy atom. The summed E-state index contributed by atoms with van der Waals surface area (Å²) in [4.78, 5) is 22.5. The van der Waals surface area contributed by atoms with Gasteiger partial charge < -0.3 is 9.47 Å². The van der Waals surface area contributed by atoms with Crippen molar-refractivity contribution in [3.8, 4) is 5.75 Å². The maximum absolute atomic E-state index is 12.4. The molecule has 6 heteroatoms. The van der Waals surface area contributed by atoms with Gasteiger partial charge in [-0.1, -0.05) is 12.1 Å². The maximum atomic E-state index is 12.4. The second kappa shape index (κ2) is 5.95. The van der Waals surface area contributed by atoms with Crippen LogP contribution in [0.3, 0.4) is 0 Å². The number of carbonyl (C=O) groups excluding carboxylic acids is 1. The molecule has 0 saturated carbocycles. The monoisotopic (exact) mass is 299 g/mol. The van der Waals surface area contributed by atoms with Crippen LogP contribution in [0.4, 0.5) is 5.69 Å². The highest BCUT2D eigenvalue weighted by molar-refractivity contribution is 6.09. The van der Waals surface area contributed by atoms with Gasteiger partial charge in [0.25, 0.3) is 5.69 Å². The first kappa shape index (κ1) is 14.2. The van der Waals surface area contributed by atoms with E-state index < -0.39 is 4.92 Å². The summed E-state index contributed by atoms with van der Waals surface area (Å²) in [6.07, 6.45) is 0.147. The molecule has 2 aromatic rings. The van der Waals surface area contributed by atoms with E-state index in [0.29, 0.717) is 30.1 Å². The number of carbonyl (C=O) groups is 1. The number of hydrogen-bond donors (Lipinski definition) is 0. The van der Waals surface area contributed by atoms with Crippen LogP contribution < -0.4 is 4.74 Å². The SMILES string of the molecule is O=C(c1ccc([N+](=O)[O-])cc1)c1cccc(OCC2CO2)c1. The number of hydrogen-bond acceptors (Lipinski definition) is 5. The summed E-state index contributed by atoms with van der Waals surface area (Å²) >= 11 is 0. The minimum absolute atomic E-state index is 0.0435. The zero-order valence-electron chi connectivity index (χ0n) is 11.6. The highest BCUT2D eigenvalue weighted by atomic mass is 16.6. The number of nitro groups is 1. The van der Waals surface area contributed by atoms with Crippen LogP contribution in [0.5, 0.6) is 5.75 Å². The van der Waals surface area contributed by atoms with Crippen molar-refractivity contribution in [3.05, 3.63) is 69.8 Å². The molecule has 2 aromatic carbocycles. The number of benzene rings is 2. The van der Waals surface area contributed by atoms with Gasteiger partial charge in [0.1, 0.15) is 18.5 Å². The van der Waals surface area contributed by atoms with Crippen LogP contribution >= 0.6 is 0 Å². The molecule has 3 rings (SSSR count). The lowest BCUT2D eigenvalue weighted by Gasteiger charge is -2.06. The molecule has 1 fully saturated rings. The summed E-state index contributed by atoms with van der Waals surface area (Å²) in [5.41, 5.74) is 0.828. The molecular weight excluding hydrogens is 286 g/mol. The van der Waals surface area contributed by atoms with E-state index in [1.54, 1.807) is 24.3 Å². The number of non-ortho nitro benzene ring substituents is 1. The Bertz CT molecular complexity index is 707. The van der Waals surface area contributed by atoms with E-state index in [0.717, 1.165) is 0 Å². The van der Waals surface area contributed by atoms with Gasteiger partial charge in [0.15, 0.2) is 5.78 Å². The first-order chi connectivity index (χ1) is 10.6. The van der Waals surface area contributed by atoms with E-state index in [1.165, 1.54) is 24.3 Å². The van der Waals surface area contributed by atoms with Crippen molar-refractivity contribution in [2.24, 2.45) is 0 Å². The number of ether oxygens (including phenoxy) is 2. The second-order valence-corrected chi connectivity index (χ2v) is 4.93. The quantitative estimate of drug-likeness (QED) is 0.354. The highest BCUT2D eigenvalue weighted by Gasteiger charge is 2.23. The first-order valence-electron chi connectivity index (χ1n) is 6.77. The molecule has 0 aromatic heterocycles. The van der Waals surface area contributed by atoms with E-state index in [1.807, 2.05) is 0 Å². The van der Waals surface area contributed by atoms with Gasteiger partial charge >= 0.3 is 0 Å². The average Bonchev–Trinajstić information content (AvgIpc) is 3.37. The maximum Gasteiger partial charge on any atom is 0.269 e. The minimum atomic E-state index is -0.497. The van der Waals surface area contributed by atoms with E-state index in [2.05, 4.69) is 0 Å². The molecule has 1 unspecified atom stereocenters. The summed E-state index contributed by atoms with van der Waals surface area (Å²) in [5.74, 6) is 0.395. The molecular formula is C16H13NO5. The van der Waals surface area contributed by atoms with Crippen molar-refractivity contribution in [1.29, 1.82) is 0 Å². The Hall–Kier alpha value is -2.73. The van der Waals surface area contributed by atoms with Gasteiger partial charge in [-0.05, 0) is 24.3 Å². The molecule has 22 heavy (non-hydrogen) atoms. The van der Waals surface area contributed by atoms with Gasteiger partial charge in [-0.3, -0.25) is 14.9 Å². The number of nitrogens with zero attached hydrogens (tertiary/aromatic N) is 1. The number of epoxide rings is 1.